The number of ether oxygens (including phenoxy) is 1. The summed E-state index contributed by atoms with van der Waals surface area (Å²) >= 11 is 0. The molecule has 1 heterocycles. The Hall–Kier alpha value is -3.07. The van der Waals surface area contributed by atoms with Gasteiger partial charge in [0.1, 0.15) is 17.3 Å². The highest BCUT2D eigenvalue weighted by Gasteiger charge is 2.01. The van der Waals surface area contributed by atoms with E-state index in [9.17, 15) is 4.79 Å². The summed E-state index contributed by atoms with van der Waals surface area (Å²) in [5.74, 6) is 1.45. The largest absolute Gasteiger partial charge is 0.484 e. The molecule has 0 aliphatic carbocycles. The SMILES string of the molecule is Cc1ccc(/C=N\NC(=O)COc2ccc(C#N)cc2)o1. The van der Waals surface area contributed by atoms with E-state index in [1.807, 2.05) is 13.0 Å². The van der Waals surface area contributed by atoms with Gasteiger partial charge in [-0.2, -0.15) is 10.4 Å². The van der Waals surface area contributed by atoms with Crippen LogP contribution in [0.3, 0.4) is 0 Å². The van der Waals surface area contributed by atoms with Crippen molar-refractivity contribution in [2.24, 2.45) is 5.10 Å². The lowest BCUT2D eigenvalue weighted by molar-refractivity contribution is -0.123. The van der Waals surface area contributed by atoms with Gasteiger partial charge in [-0.15, -0.1) is 0 Å². The van der Waals surface area contributed by atoms with Crippen LogP contribution in [0, 0.1) is 18.3 Å². The highest BCUT2D eigenvalue weighted by atomic mass is 16.5. The molecule has 2 aromatic rings. The zero-order valence-electron chi connectivity index (χ0n) is 11.4. The Balaban J connectivity index is 1.76. The predicted molar refractivity (Wildman–Crippen MR) is 75.8 cm³/mol. The minimum Gasteiger partial charge on any atom is -0.484 e. The molecular formula is C15H13N3O3. The van der Waals surface area contributed by atoms with Crippen LogP contribution < -0.4 is 10.2 Å². The van der Waals surface area contributed by atoms with Crippen LogP contribution in [0.15, 0.2) is 45.9 Å². The highest BCUT2D eigenvalue weighted by Crippen LogP contribution is 2.11. The number of nitrogens with one attached hydrogen (secondary N) is 1. The van der Waals surface area contributed by atoms with E-state index >= 15 is 0 Å². The van der Waals surface area contributed by atoms with Crippen LogP contribution in [0.1, 0.15) is 17.1 Å². The number of hydrazone groups is 1. The van der Waals surface area contributed by atoms with Crippen molar-refractivity contribution in [3.63, 3.8) is 0 Å². The summed E-state index contributed by atoms with van der Waals surface area (Å²) in [5.41, 5.74) is 2.86. The van der Waals surface area contributed by atoms with E-state index in [4.69, 9.17) is 14.4 Å². The summed E-state index contributed by atoms with van der Waals surface area (Å²) in [6, 6.07) is 12.0. The van der Waals surface area contributed by atoms with Crippen molar-refractivity contribution < 1.29 is 13.9 Å². The van der Waals surface area contributed by atoms with Crippen molar-refractivity contribution in [3.8, 4) is 11.8 Å². The quantitative estimate of drug-likeness (QED) is 0.671. The molecule has 1 aromatic heterocycles. The fourth-order valence-electron chi connectivity index (χ4n) is 1.50. The van der Waals surface area contributed by atoms with E-state index in [0.29, 0.717) is 17.1 Å². The molecule has 0 saturated carbocycles. The van der Waals surface area contributed by atoms with Gasteiger partial charge in [-0.25, -0.2) is 5.43 Å². The molecule has 0 aliphatic heterocycles. The number of aryl methyl sites for hydroxylation is 1. The zero-order valence-corrected chi connectivity index (χ0v) is 11.4. The number of hydrogen-bond acceptors (Lipinski definition) is 5. The molecule has 0 fully saturated rings. The number of carbonyl (C=O) groups excluding carboxylic acids is 1. The molecule has 1 amide bonds. The topological polar surface area (TPSA) is 87.6 Å². The maximum atomic E-state index is 11.5. The molecule has 2 rings (SSSR count). The lowest BCUT2D eigenvalue weighted by Gasteiger charge is -2.04. The van der Waals surface area contributed by atoms with Crippen molar-refractivity contribution in [3.05, 3.63) is 53.5 Å². The molecule has 0 aliphatic rings. The number of nitriles is 1. The van der Waals surface area contributed by atoms with Crippen LogP contribution in [0.4, 0.5) is 0 Å². The lowest BCUT2D eigenvalue weighted by Crippen LogP contribution is -2.24. The fraction of sp³-hybridized carbons (Fsp3) is 0.133. The third kappa shape index (κ3) is 4.51. The molecule has 21 heavy (non-hydrogen) atoms. The Bertz CT molecular complexity index is 681. The average molecular weight is 283 g/mol. The first-order valence-electron chi connectivity index (χ1n) is 6.18. The maximum Gasteiger partial charge on any atom is 0.277 e. The van der Waals surface area contributed by atoms with Gasteiger partial charge in [0.2, 0.25) is 0 Å². The molecule has 0 bridgehead atoms. The maximum absolute atomic E-state index is 11.5. The Morgan fingerprint density at radius 3 is 2.76 bits per heavy atom. The first-order chi connectivity index (χ1) is 10.2. The predicted octanol–water partition coefficient (Wildman–Crippen LogP) is 1.99. The first kappa shape index (κ1) is 14.3. The number of furan rings is 1. The van der Waals surface area contributed by atoms with Gasteiger partial charge >= 0.3 is 0 Å². The van der Waals surface area contributed by atoms with Crippen LogP contribution in [0.25, 0.3) is 0 Å². The Morgan fingerprint density at radius 1 is 1.38 bits per heavy atom. The number of amides is 1. The van der Waals surface area contributed by atoms with Crippen molar-refractivity contribution in [1.29, 1.82) is 5.26 Å². The number of rotatable bonds is 5. The summed E-state index contributed by atoms with van der Waals surface area (Å²) in [6.07, 6.45) is 1.41. The average Bonchev–Trinajstić information content (AvgIpc) is 2.91. The van der Waals surface area contributed by atoms with Gasteiger partial charge in [0.05, 0.1) is 17.8 Å². The van der Waals surface area contributed by atoms with E-state index in [2.05, 4.69) is 10.5 Å². The number of hydrogen-bond donors (Lipinski definition) is 1. The molecule has 0 radical (unpaired) electrons. The van der Waals surface area contributed by atoms with Crippen molar-refractivity contribution >= 4 is 12.1 Å². The van der Waals surface area contributed by atoms with E-state index in [1.165, 1.54) is 6.21 Å². The number of carbonyl (C=O) groups is 1. The molecule has 0 spiro atoms. The molecule has 0 unspecified atom stereocenters. The van der Waals surface area contributed by atoms with Gasteiger partial charge in [-0.05, 0) is 43.3 Å². The lowest BCUT2D eigenvalue weighted by atomic mass is 10.2. The summed E-state index contributed by atoms with van der Waals surface area (Å²) < 4.78 is 10.5. The second kappa shape index (κ2) is 6.91. The van der Waals surface area contributed by atoms with Gasteiger partial charge in [0, 0.05) is 0 Å². The van der Waals surface area contributed by atoms with Crippen molar-refractivity contribution in [1.82, 2.24) is 5.43 Å². The molecule has 0 atom stereocenters. The molecule has 0 saturated heterocycles. The van der Waals surface area contributed by atoms with Gasteiger partial charge < -0.3 is 9.15 Å². The molecule has 1 N–H and O–H groups in total. The van der Waals surface area contributed by atoms with Gasteiger partial charge in [-0.1, -0.05) is 0 Å². The van der Waals surface area contributed by atoms with Gasteiger partial charge in [0.15, 0.2) is 6.61 Å². The third-order valence-corrected chi connectivity index (χ3v) is 2.50. The van der Waals surface area contributed by atoms with Gasteiger partial charge in [0.25, 0.3) is 5.91 Å². The summed E-state index contributed by atoms with van der Waals surface area (Å²) in [7, 11) is 0. The minimum atomic E-state index is -0.390. The van der Waals surface area contributed by atoms with Gasteiger partial charge in [-0.3, -0.25) is 4.79 Å². The molecule has 6 nitrogen and oxygen atoms in total. The van der Waals surface area contributed by atoms with E-state index < -0.39 is 0 Å². The second-order valence-corrected chi connectivity index (χ2v) is 4.17. The third-order valence-electron chi connectivity index (χ3n) is 2.50. The van der Waals surface area contributed by atoms with Crippen LogP contribution in [0.5, 0.6) is 5.75 Å². The second-order valence-electron chi connectivity index (χ2n) is 4.17. The van der Waals surface area contributed by atoms with E-state index in [0.717, 1.165) is 5.76 Å². The van der Waals surface area contributed by atoms with Crippen LogP contribution in [-0.2, 0) is 4.79 Å². The summed E-state index contributed by atoms with van der Waals surface area (Å²) in [5, 5.41) is 12.4. The number of nitrogens with zero attached hydrogens (tertiary/aromatic N) is 2. The zero-order chi connectivity index (χ0) is 15.1. The Labute approximate surface area is 121 Å². The molecule has 1 aromatic carbocycles. The van der Waals surface area contributed by atoms with Crippen molar-refractivity contribution in [2.45, 2.75) is 6.92 Å². The van der Waals surface area contributed by atoms with Crippen molar-refractivity contribution in [2.75, 3.05) is 6.61 Å². The summed E-state index contributed by atoms with van der Waals surface area (Å²) in [4.78, 5) is 11.5. The fourth-order valence-corrected chi connectivity index (χ4v) is 1.50. The standard InChI is InChI=1S/C15H13N3O3/c1-11-2-5-14(21-11)9-17-18-15(19)10-20-13-6-3-12(8-16)4-7-13/h2-7,9H,10H2,1H3,(H,18,19)/b17-9-. The highest BCUT2D eigenvalue weighted by molar-refractivity contribution is 5.81. The first-order valence-corrected chi connectivity index (χ1v) is 6.18. The summed E-state index contributed by atoms with van der Waals surface area (Å²) in [6.45, 7) is 1.65. The Morgan fingerprint density at radius 2 is 2.14 bits per heavy atom. The molecule has 106 valence electrons. The van der Waals surface area contributed by atoms with Crippen LogP contribution >= 0.6 is 0 Å². The monoisotopic (exact) mass is 283 g/mol. The van der Waals surface area contributed by atoms with Crippen LogP contribution in [0.2, 0.25) is 0 Å². The van der Waals surface area contributed by atoms with Crippen LogP contribution in [-0.4, -0.2) is 18.7 Å². The molecular weight excluding hydrogens is 270 g/mol. The smallest absolute Gasteiger partial charge is 0.277 e. The van der Waals surface area contributed by atoms with E-state index in [1.54, 1.807) is 36.4 Å². The molecule has 6 heteroatoms. The van der Waals surface area contributed by atoms with E-state index in [-0.39, 0.29) is 12.5 Å². The Kier molecular flexibility index (Phi) is 4.72. The number of benzene rings is 1. The minimum absolute atomic E-state index is 0.166. The normalized spacial score (nSPS) is 10.3.